The van der Waals surface area contributed by atoms with Gasteiger partial charge in [0, 0.05) is 5.54 Å². The molecule has 0 aromatic carbocycles. The molecule has 3 heteroatoms. The van der Waals surface area contributed by atoms with Crippen LogP contribution < -0.4 is 11.1 Å². The molecule has 0 atom stereocenters. The third kappa shape index (κ3) is 1.68. The summed E-state index contributed by atoms with van der Waals surface area (Å²) >= 11 is 0. The Labute approximate surface area is 108 Å². The SMILES string of the molecule is Nc1ccc(NC23CC4CC(CC(C4)C2)C3)cn1. The second kappa shape index (κ2) is 3.62. The summed E-state index contributed by atoms with van der Waals surface area (Å²) in [5.74, 6) is 3.53. The summed E-state index contributed by atoms with van der Waals surface area (Å²) in [4.78, 5) is 4.19. The molecule has 0 saturated heterocycles. The van der Waals surface area contributed by atoms with Crippen molar-refractivity contribution in [2.75, 3.05) is 11.1 Å². The van der Waals surface area contributed by atoms with Crippen LogP contribution in [-0.4, -0.2) is 10.5 Å². The van der Waals surface area contributed by atoms with E-state index in [0.717, 1.165) is 23.4 Å². The minimum absolute atomic E-state index is 0.368. The topological polar surface area (TPSA) is 50.9 Å². The van der Waals surface area contributed by atoms with Gasteiger partial charge in [-0.1, -0.05) is 0 Å². The van der Waals surface area contributed by atoms with Gasteiger partial charge in [0.05, 0.1) is 11.9 Å². The van der Waals surface area contributed by atoms with Crippen molar-refractivity contribution >= 4 is 11.5 Å². The van der Waals surface area contributed by atoms with Gasteiger partial charge in [-0.2, -0.15) is 0 Å². The third-order valence-corrected chi connectivity index (χ3v) is 5.23. The minimum atomic E-state index is 0.368. The summed E-state index contributed by atoms with van der Waals surface area (Å²) in [6, 6.07) is 3.96. The van der Waals surface area contributed by atoms with Crippen LogP contribution in [0.2, 0.25) is 0 Å². The highest BCUT2D eigenvalue weighted by Gasteiger charge is 2.50. The zero-order valence-electron chi connectivity index (χ0n) is 10.7. The molecule has 3 N–H and O–H groups in total. The first kappa shape index (κ1) is 10.7. The average molecular weight is 243 g/mol. The van der Waals surface area contributed by atoms with E-state index in [4.69, 9.17) is 5.73 Å². The molecule has 4 bridgehead atoms. The van der Waals surface area contributed by atoms with Gasteiger partial charge < -0.3 is 11.1 Å². The molecule has 96 valence electrons. The zero-order valence-corrected chi connectivity index (χ0v) is 10.7. The third-order valence-electron chi connectivity index (χ3n) is 5.23. The van der Waals surface area contributed by atoms with Crippen LogP contribution in [0.15, 0.2) is 18.3 Å². The summed E-state index contributed by atoms with van der Waals surface area (Å²) in [6.45, 7) is 0. The molecule has 4 fully saturated rings. The van der Waals surface area contributed by atoms with E-state index in [9.17, 15) is 0 Å². The average Bonchev–Trinajstić information content (AvgIpc) is 2.30. The molecule has 5 rings (SSSR count). The maximum Gasteiger partial charge on any atom is 0.123 e. The Morgan fingerprint density at radius 1 is 1.06 bits per heavy atom. The lowest BCUT2D eigenvalue weighted by atomic mass is 9.53. The normalized spacial score (nSPS) is 41.0. The van der Waals surface area contributed by atoms with Gasteiger partial charge in [0.25, 0.3) is 0 Å². The fourth-order valence-corrected chi connectivity index (χ4v) is 5.05. The summed E-state index contributed by atoms with van der Waals surface area (Å²) in [5, 5.41) is 3.80. The Morgan fingerprint density at radius 3 is 2.17 bits per heavy atom. The molecule has 0 aliphatic heterocycles. The van der Waals surface area contributed by atoms with E-state index in [1.54, 1.807) is 0 Å². The van der Waals surface area contributed by atoms with Crippen LogP contribution in [0, 0.1) is 17.8 Å². The fourth-order valence-electron chi connectivity index (χ4n) is 5.05. The van der Waals surface area contributed by atoms with Crippen LogP contribution in [0.5, 0.6) is 0 Å². The molecule has 1 heterocycles. The molecule has 0 radical (unpaired) electrons. The molecular weight excluding hydrogens is 222 g/mol. The van der Waals surface area contributed by atoms with Gasteiger partial charge in [-0.15, -0.1) is 0 Å². The molecule has 4 saturated carbocycles. The number of nitrogens with zero attached hydrogens (tertiary/aromatic N) is 1. The molecular formula is C15H21N3. The van der Waals surface area contributed by atoms with Crippen molar-refractivity contribution in [3.63, 3.8) is 0 Å². The van der Waals surface area contributed by atoms with Gasteiger partial charge in [0.1, 0.15) is 5.82 Å². The molecule has 4 aliphatic rings. The second-order valence-corrected chi connectivity index (χ2v) is 6.79. The first-order chi connectivity index (χ1) is 8.71. The molecule has 3 nitrogen and oxygen atoms in total. The van der Waals surface area contributed by atoms with E-state index in [2.05, 4.69) is 16.4 Å². The first-order valence-electron chi connectivity index (χ1n) is 7.20. The van der Waals surface area contributed by atoms with Gasteiger partial charge in [-0.05, 0) is 68.4 Å². The molecule has 4 aliphatic carbocycles. The van der Waals surface area contributed by atoms with Crippen molar-refractivity contribution < 1.29 is 0 Å². The maximum atomic E-state index is 5.65. The van der Waals surface area contributed by atoms with Gasteiger partial charge in [0.15, 0.2) is 0 Å². The highest BCUT2D eigenvalue weighted by Crippen LogP contribution is 2.56. The van der Waals surface area contributed by atoms with E-state index in [0.29, 0.717) is 11.4 Å². The van der Waals surface area contributed by atoms with Gasteiger partial charge in [0.2, 0.25) is 0 Å². The second-order valence-electron chi connectivity index (χ2n) is 6.79. The first-order valence-corrected chi connectivity index (χ1v) is 7.20. The quantitative estimate of drug-likeness (QED) is 0.839. The number of nitrogens with one attached hydrogen (secondary N) is 1. The van der Waals surface area contributed by atoms with Crippen LogP contribution >= 0.6 is 0 Å². The van der Waals surface area contributed by atoms with E-state index >= 15 is 0 Å². The summed E-state index contributed by atoms with van der Waals surface area (Å²) < 4.78 is 0. The monoisotopic (exact) mass is 243 g/mol. The number of aromatic nitrogens is 1. The smallest absolute Gasteiger partial charge is 0.123 e. The maximum absolute atomic E-state index is 5.65. The Bertz CT molecular complexity index is 416. The largest absolute Gasteiger partial charge is 0.384 e. The number of hydrogen-bond donors (Lipinski definition) is 2. The fraction of sp³-hybridized carbons (Fsp3) is 0.667. The van der Waals surface area contributed by atoms with Crippen molar-refractivity contribution in [1.82, 2.24) is 4.98 Å². The number of nitrogens with two attached hydrogens (primary N) is 1. The van der Waals surface area contributed by atoms with Gasteiger partial charge >= 0.3 is 0 Å². The highest BCUT2D eigenvalue weighted by atomic mass is 15.0. The number of pyridine rings is 1. The number of anilines is 2. The predicted octanol–water partition coefficient (Wildman–Crippen LogP) is 3.04. The molecule has 1 aromatic heterocycles. The van der Waals surface area contributed by atoms with Crippen molar-refractivity contribution in [2.45, 2.75) is 44.1 Å². The lowest BCUT2D eigenvalue weighted by Crippen LogP contribution is -2.54. The van der Waals surface area contributed by atoms with E-state index in [1.165, 1.54) is 38.5 Å². The van der Waals surface area contributed by atoms with Crippen molar-refractivity contribution in [3.8, 4) is 0 Å². The van der Waals surface area contributed by atoms with Crippen molar-refractivity contribution in [2.24, 2.45) is 17.8 Å². The van der Waals surface area contributed by atoms with E-state index < -0.39 is 0 Å². The van der Waals surface area contributed by atoms with Crippen LogP contribution in [0.1, 0.15) is 38.5 Å². The minimum Gasteiger partial charge on any atom is -0.384 e. The number of rotatable bonds is 2. The Hall–Kier alpha value is -1.25. The number of hydrogen-bond acceptors (Lipinski definition) is 3. The van der Waals surface area contributed by atoms with Crippen LogP contribution in [-0.2, 0) is 0 Å². The Balaban J connectivity index is 1.58. The van der Waals surface area contributed by atoms with Crippen LogP contribution in [0.25, 0.3) is 0 Å². The standard InChI is InChI=1S/C15H21N3/c16-14-2-1-13(9-17-14)18-15-6-10-3-11(7-15)5-12(4-10)8-15/h1-2,9-12,18H,3-8H2,(H2,16,17). The molecule has 0 unspecified atom stereocenters. The van der Waals surface area contributed by atoms with Gasteiger partial charge in [-0.3, -0.25) is 0 Å². The number of nitrogen functional groups attached to an aromatic ring is 1. The highest BCUT2D eigenvalue weighted by molar-refractivity contribution is 5.48. The molecule has 1 aromatic rings. The van der Waals surface area contributed by atoms with Gasteiger partial charge in [-0.25, -0.2) is 4.98 Å². The summed E-state index contributed by atoms with van der Waals surface area (Å²) in [5.41, 5.74) is 7.16. The van der Waals surface area contributed by atoms with Crippen LogP contribution in [0.3, 0.4) is 0 Å². The summed E-state index contributed by atoms with van der Waals surface area (Å²) in [6.07, 6.45) is 10.4. The molecule has 18 heavy (non-hydrogen) atoms. The molecule has 0 spiro atoms. The van der Waals surface area contributed by atoms with Crippen molar-refractivity contribution in [1.29, 1.82) is 0 Å². The van der Waals surface area contributed by atoms with Crippen molar-refractivity contribution in [3.05, 3.63) is 18.3 Å². The summed E-state index contributed by atoms with van der Waals surface area (Å²) in [7, 11) is 0. The van der Waals surface area contributed by atoms with E-state index in [1.807, 2.05) is 12.3 Å². The van der Waals surface area contributed by atoms with E-state index in [-0.39, 0.29) is 0 Å². The Kier molecular flexibility index (Phi) is 2.14. The Morgan fingerprint density at radius 2 is 1.67 bits per heavy atom. The predicted molar refractivity (Wildman–Crippen MR) is 73.2 cm³/mol. The lowest BCUT2D eigenvalue weighted by molar-refractivity contribution is 0.0107. The molecule has 0 amide bonds. The van der Waals surface area contributed by atoms with Crippen LogP contribution in [0.4, 0.5) is 11.5 Å². The lowest BCUT2D eigenvalue weighted by Gasteiger charge is -2.57. The zero-order chi connectivity index (χ0) is 12.2.